The number of aryl methyl sites for hydroxylation is 1. The zero-order valence-electron chi connectivity index (χ0n) is 16.3. The van der Waals surface area contributed by atoms with Gasteiger partial charge in [-0.3, -0.25) is 4.99 Å². The molecule has 0 spiro atoms. The van der Waals surface area contributed by atoms with Crippen LogP contribution in [-0.2, 0) is 11.3 Å². The van der Waals surface area contributed by atoms with Crippen LogP contribution in [0.5, 0.6) is 0 Å². The van der Waals surface area contributed by atoms with Gasteiger partial charge in [-0.05, 0) is 44.9 Å². The van der Waals surface area contributed by atoms with E-state index in [1.807, 2.05) is 26.8 Å². The van der Waals surface area contributed by atoms with E-state index in [4.69, 9.17) is 4.74 Å². The van der Waals surface area contributed by atoms with Crippen molar-refractivity contribution < 1.29 is 13.9 Å². The van der Waals surface area contributed by atoms with Crippen LogP contribution in [0, 0.1) is 12.7 Å². The van der Waals surface area contributed by atoms with Gasteiger partial charge in [0.2, 0.25) is 0 Å². The first kappa shape index (κ1) is 21.7. The van der Waals surface area contributed by atoms with Gasteiger partial charge in [0.15, 0.2) is 5.96 Å². The minimum Gasteiger partial charge on any atom is -0.444 e. The van der Waals surface area contributed by atoms with Crippen molar-refractivity contribution in [3.63, 3.8) is 0 Å². The van der Waals surface area contributed by atoms with E-state index in [1.165, 1.54) is 6.07 Å². The summed E-state index contributed by atoms with van der Waals surface area (Å²) >= 11 is 0. The zero-order chi connectivity index (χ0) is 18.9. The number of hydrogen-bond donors (Lipinski definition) is 1. The monoisotopic (exact) mass is 490 g/mol. The van der Waals surface area contributed by atoms with Crippen LogP contribution in [-0.4, -0.2) is 59.7 Å². The number of carbonyl (C=O) groups is 1. The molecular formula is C19H28FIN4O2. The third-order valence-corrected chi connectivity index (χ3v) is 4.53. The van der Waals surface area contributed by atoms with Crippen LogP contribution in [0.1, 0.15) is 31.9 Å². The number of carbonyl (C=O) groups excluding carboxylic acids is 1. The maximum absolute atomic E-state index is 13.4. The minimum atomic E-state index is -0.486. The Morgan fingerprint density at radius 1 is 1.37 bits per heavy atom. The molecule has 0 aliphatic carbocycles. The van der Waals surface area contributed by atoms with E-state index in [-0.39, 0.29) is 41.9 Å². The fourth-order valence-corrected chi connectivity index (χ4v) is 3.22. The highest BCUT2D eigenvalue weighted by Gasteiger charge is 2.36. The average molecular weight is 490 g/mol. The molecule has 1 unspecified atom stereocenters. The zero-order valence-corrected chi connectivity index (χ0v) is 18.6. The van der Waals surface area contributed by atoms with Crippen molar-refractivity contribution in [2.45, 2.75) is 45.9 Å². The number of piperazine rings is 1. The van der Waals surface area contributed by atoms with E-state index in [1.54, 1.807) is 17.9 Å². The Morgan fingerprint density at radius 3 is 2.78 bits per heavy atom. The van der Waals surface area contributed by atoms with Gasteiger partial charge in [-0.1, -0.05) is 12.1 Å². The Balaban J connectivity index is 0.00000261. The molecule has 6 nitrogen and oxygen atoms in total. The molecule has 1 atom stereocenters. The molecule has 1 saturated heterocycles. The Hall–Kier alpha value is -1.58. The topological polar surface area (TPSA) is 57.2 Å². The van der Waals surface area contributed by atoms with Crippen LogP contribution in [0.25, 0.3) is 0 Å². The first-order chi connectivity index (χ1) is 12.2. The van der Waals surface area contributed by atoms with E-state index in [0.29, 0.717) is 31.7 Å². The molecule has 1 amide bonds. The Bertz CT molecular complexity index is 720. The molecule has 2 aliphatic heterocycles. The standard InChI is InChI=1S/C19H27FN4O2.HI/c1-13-9-14(5-6-16(13)20)10-21-17-22-11-15-12-23(7-8-24(15)17)18(25)26-19(2,3)4;/h5-6,9,15H,7-8,10-12H2,1-4H3,(H,21,22);1H. The first-order valence-electron chi connectivity index (χ1n) is 9.01. The summed E-state index contributed by atoms with van der Waals surface area (Å²) in [6, 6.07) is 5.29. The molecule has 0 radical (unpaired) electrons. The van der Waals surface area contributed by atoms with Gasteiger partial charge in [-0.2, -0.15) is 0 Å². The number of nitrogens with zero attached hydrogens (tertiary/aromatic N) is 3. The first-order valence-corrected chi connectivity index (χ1v) is 9.01. The van der Waals surface area contributed by atoms with Crippen molar-refractivity contribution in [1.29, 1.82) is 0 Å². The van der Waals surface area contributed by atoms with Crippen molar-refractivity contribution >= 4 is 36.0 Å². The lowest BCUT2D eigenvalue weighted by molar-refractivity contribution is 0.0137. The molecule has 27 heavy (non-hydrogen) atoms. The van der Waals surface area contributed by atoms with E-state index in [2.05, 4.69) is 15.2 Å². The highest BCUT2D eigenvalue weighted by Crippen LogP contribution is 2.19. The van der Waals surface area contributed by atoms with Gasteiger partial charge in [0.25, 0.3) is 0 Å². The number of hydrogen-bond acceptors (Lipinski definition) is 5. The lowest BCUT2D eigenvalue weighted by Crippen LogP contribution is -2.57. The fraction of sp³-hybridized carbons (Fsp3) is 0.579. The highest BCUT2D eigenvalue weighted by molar-refractivity contribution is 14.0. The molecule has 3 rings (SSSR count). The lowest BCUT2D eigenvalue weighted by atomic mass is 10.1. The smallest absolute Gasteiger partial charge is 0.410 e. The largest absolute Gasteiger partial charge is 0.444 e. The van der Waals surface area contributed by atoms with Gasteiger partial charge >= 0.3 is 6.09 Å². The highest BCUT2D eigenvalue weighted by atomic mass is 127. The number of halogens is 2. The van der Waals surface area contributed by atoms with Crippen LogP contribution >= 0.6 is 24.0 Å². The third kappa shape index (κ3) is 5.46. The number of nitrogens with one attached hydrogen (secondary N) is 1. The Kier molecular flexibility index (Phi) is 6.93. The summed E-state index contributed by atoms with van der Waals surface area (Å²) in [6.45, 7) is 10.6. The molecule has 2 heterocycles. The predicted octanol–water partition coefficient (Wildman–Crippen LogP) is 3.13. The van der Waals surface area contributed by atoms with Gasteiger partial charge < -0.3 is 19.9 Å². The Labute approximate surface area is 177 Å². The number of ether oxygens (including phenoxy) is 1. The minimum absolute atomic E-state index is 0. The molecule has 1 aromatic carbocycles. The summed E-state index contributed by atoms with van der Waals surface area (Å²) in [5.74, 6) is 0.658. The maximum atomic E-state index is 13.4. The SMILES string of the molecule is Cc1cc(CNC2=NCC3CN(C(=O)OC(C)(C)C)CCN23)ccc1F.I. The Morgan fingerprint density at radius 2 is 2.11 bits per heavy atom. The molecule has 150 valence electrons. The van der Waals surface area contributed by atoms with Gasteiger partial charge in [-0.25, -0.2) is 9.18 Å². The van der Waals surface area contributed by atoms with E-state index >= 15 is 0 Å². The summed E-state index contributed by atoms with van der Waals surface area (Å²) < 4.78 is 18.8. The van der Waals surface area contributed by atoms with E-state index < -0.39 is 5.60 Å². The van der Waals surface area contributed by atoms with Crippen LogP contribution in [0.2, 0.25) is 0 Å². The number of rotatable bonds is 2. The average Bonchev–Trinajstić information content (AvgIpc) is 2.96. The quantitative estimate of drug-likeness (QED) is 0.648. The van der Waals surface area contributed by atoms with Crippen LogP contribution < -0.4 is 5.32 Å². The molecule has 0 aromatic heterocycles. The van der Waals surface area contributed by atoms with Gasteiger partial charge in [-0.15, -0.1) is 24.0 Å². The van der Waals surface area contributed by atoms with Crippen LogP contribution in [0.15, 0.2) is 23.2 Å². The summed E-state index contributed by atoms with van der Waals surface area (Å²) in [5, 5.41) is 3.34. The second kappa shape index (κ2) is 8.62. The predicted molar refractivity (Wildman–Crippen MR) is 114 cm³/mol. The number of amides is 1. The molecule has 1 N–H and O–H groups in total. The van der Waals surface area contributed by atoms with Crippen molar-refractivity contribution in [2.75, 3.05) is 26.2 Å². The van der Waals surface area contributed by atoms with E-state index in [0.717, 1.165) is 18.1 Å². The molecule has 1 aromatic rings. The van der Waals surface area contributed by atoms with Crippen molar-refractivity contribution in [1.82, 2.24) is 15.1 Å². The van der Waals surface area contributed by atoms with Crippen LogP contribution in [0.4, 0.5) is 9.18 Å². The molecule has 8 heteroatoms. The molecule has 0 bridgehead atoms. The molecule has 0 saturated carbocycles. The van der Waals surface area contributed by atoms with Crippen molar-refractivity contribution in [3.8, 4) is 0 Å². The van der Waals surface area contributed by atoms with Gasteiger partial charge in [0, 0.05) is 26.2 Å². The van der Waals surface area contributed by atoms with Gasteiger partial charge in [0.05, 0.1) is 12.6 Å². The molecule has 1 fully saturated rings. The number of aliphatic imine (C=N–C) groups is 1. The number of guanidine groups is 1. The summed E-state index contributed by atoms with van der Waals surface area (Å²) in [5.41, 5.74) is 1.17. The summed E-state index contributed by atoms with van der Waals surface area (Å²) in [6.07, 6.45) is -0.264. The number of fused-ring (bicyclic) bond motifs is 1. The van der Waals surface area contributed by atoms with E-state index in [9.17, 15) is 9.18 Å². The maximum Gasteiger partial charge on any atom is 0.410 e. The molecular weight excluding hydrogens is 462 g/mol. The lowest BCUT2D eigenvalue weighted by Gasteiger charge is -2.39. The second-order valence-corrected chi connectivity index (χ2v) is 7.87. The molecule has 2 aliphatic rings. The summed E-state index contributed by atoms with van der Waals surface area (Å²) in [7, 11) is 0. The third-order valence-electron chi connectivity index (χ3n) is 4.53. The number of benzene rings is 1. The normalized spacial score (nSPS) is 19.1. The van der Waals surface area contributed by atoms with Crippen molar-refractivity contribution in [3.05, 3.63) is 35.1 Å². The summed E-state index contributed by atoms with van der Waals surface area (Å²) in [4.78, 5) is 20.8. The van der Waals surface area contributed by atoms with Crippen LogP contribution in [0.3, 0.4) is 0 Å². The van der Waals surface area contributed by atoms with Gasteiger partial charge in [0.1, 0.15) is 11.4 Å². The second-order valence-electron chi connectivity index (χ2n) is 7.87. The van der Waals surface area contributed by atoms with Crippen molar-refractivity contribution in [2.24, 2.45) is 4.99 Å². The fourth-order valence-electron chi connectivity index (χ4n) is 3.22.